The molecule has 2 rings (SSSR count). The second-order valence-corrected chi connectivity index (χ2v) is 3.59. The lowest BCUT2D eigenvalue weighted by molar-refractivity contribution is 0.160. The molecule has 1 saturated heterocycles. The Kier molecular flexibility index (Phi) is 3.14. The van der Waals surface area contributed by atoms with Crippen LogP contribution in [0.15, 0.2) is 24.3 Å². The molecule has 1 fully saturated rings. The Morgan fingerprint density at radius 1 is 1.43 bits per heavy atom. The number of hydrogen-bond donors (Lipinski definition) is 2. The molecule has 1 aliphatic rings. The first-order valence-corrected chi connectivity index (χ1v) is 4.94. The van der Waals surface area contributed by atoms with E-state index in [1.54, 1.807) is 0 Å². The molecule has 0 amide bonds. The average molecular weight is 193 g/mol. The third-order valence-electron chi connectivity index (χ3n) is 2.69. The largest absolute Gasteiger partial charge is 0.381 e. The third kappa shape index (κ3) is 1.95. The van der Waals surface area contributed by atoms with Gasteiger partial charge in [0.25, 0.3) is 0 Å². The van der Waals surface area contributed by atoms with Gasteiger partial charge < -0.3 is 9.94 Å². The summed E-state index contributed by atoms with van der Waals surface area (Å²) in [5.74, 6) is 0.500. The van der Waals surface area contributed by atoms with Crippen LogP contribution in [-0.4, -0.2) is 18.4 Å². The van der Waals surface area contributed by atoms with Crippen molar-refractivity contribution in [3.05, 3.63) is 35.4 Å². The van der Waals surface area contributed by atoms with Gasteiger partial charge in [0.15, 0.2) is 0 Å². The van der Waals surface area contributed by atoms with Gasteiger partial charge in [0.2, 0.25) is 0 Å². The molecule has 0 radical (unpaired) electrons. The summed E-state index contributed by atoms with van der Waals surface area (Å²) in [7, 11) is 0. The second-order valence-electron chi connectivity index (χ2n) is 3.59. The quantitative estimate of drug-likeness (QED) is 0.717. The first kappa shape index (κ1) is 9.65. The molecule has 3 nitrogen and oxygen atoms in total. The summed E-state index contributed by atoms with van der Waals surface area (Å²) in [5.41, 5.74) is 4.66. The Bertz CT molecular complexity index is 295. The highest BCUT2D eigenvalue weighted by Crippen LogP contribution is 2.27. The van der Waals surface area contributed by atoms with Crippen LogP contribution in [0.25, 0.3) is 0 Å². The molecule has 2 N–H and O–H groups in total. The van der Waals surface area contributed by atoms with E-state index < -0.39 is 0 Å². The molecule has 0 saturated carbocycles. The van der Waals surface area contributed by atoms with Crippen LogP contribution in [0.4, 0.5) is 0 Å². The lowest BCUT2D eigenvalue weighted by atomic mass is 9.94. The second kappa shape index (κ2) is 4.55. The Labute approximate surface area is 83.7 Å². The minimum Gasteiger partial charge on any atom is -0.381 e. The molecule has 0 spiro atoms. The molecule has 3 heteroatoms. The van der Waals surface area contributed by atoms with E-state index in [0.717, 1.165) is 25.2 Å². The van der Waals surface area contributed by atoms with Crippen molar-refractivity contribution in [3.8, 4) is 0 Å². The van der Waals surface area contributed by atoms with Gasteiger partial charge >= 0.3 is 0 Å². The number of hydrogen-bond acceptors (Lipinski definition) is 3. The number of nitrogens with one attached hydrogen (secondary N) is 1. The van der Waals surface area contributed by atoms with Crippen molar-refractivity contribution in [3.63, 3.8) is 0 Å². The van der Waals surface area contributed by atoms with Crippen molar-refractivity contribution >= 4 is 0 Å². The van der Waals surface area contributed by atoms with Gasteiger partial charge in [-0.2, -0.15) is 0 Å². The number of ether oxygens (including phenoxy) is 1. The number of hydroxylamine groups is 1. The van der Waals surface area contributed by atoms with Gasteiger partial charge in [-0.1, -0.05) is 24.3 Å². The van der Waals surface area contributed by atoms with Crippen molar-refractivity contribution in [2.45, 2.75) is 18.9 Å². The number of benzene rings is 1. The van der Waals surface area contributed by atoms with Crippen molar-refractivity contribution < 1.29 is 9.94 Å². The summed E-state index contributed by atoms with van der Waals surface area (Å²) in [6.45, 7) is 2.17. The minimum absolute atomic E-state index is 0.500. The predicted molar refractivity (Wildman–Crippen MR) is 53.2 cm³/mol. The van der Waals surface area contributed by atoms with Crippen molar-refractivity contribution in [2.75, 3.05) is 13.2 Å². The van der Waals surface area contributed by atoms with Gasteiger partial charge in [-0.15, -0.1) is 0 Å². The summed E-state index contributed by atoms with van der Waals surface area (Å²) in [5, 5.41) is 8.71. The molecule has 1 atom stereocenters. The first-order chi connectivity index (χ1) is 6.92. The van der Waals surface area contributed by atoms with Crippen LogP contribution in [0.3, 0.4) is 0 Å². The summed E-state index contributed by atoms with van der Waals surface area (Å²) < 4.78 is 5.36. The summed E-state index contributed by atoms with van der Waals surface area (Å²) in [6.07, 6.45) is 1.09. The lowest BCUT2D eigenvalue weighted by Gasteiger charge is -2.13. The zero-order valence-corrected chi connectivity index (χ0v) is 8.07. The van der Waals surface area contributed by atoms with Crippen LogP contribution >= 0.6 is 0 Å². The number of rotatable bonds is 3. The standard InChI is InChI=1S/C11H15NO2/c13-12-7-9-3-1-2-4-11(9)10-5-6-14-8-10/h1-4,10,12-13H,5-8H2. The molecule has 1 unspecified atom stereocenters. The van der Waals surface area contributed by atoms with Crippen LogP contribution in [0.5, 0.6) is 0 Å². The lowest BCUT2D eigenvalue weighted by Crippen LogP contribution is -2.10. The van der Waals surface area contributed by atoms with E-state index in [1.165, 1.54) is 5.56 Å². The normalized spacial score (nSPS) is 21.4. The molecule has 76 valence electrons. The van der Waals surface area contributed by atoms with Crippen molar-refractivity contribution in [1.29, 1.82) is 0 Å². The van der Waals surface area contributed by atoms with Crippen molar-refractivity contribution in [1.82, 2.24) is 5.48 Å². The van der Waals surface area contributed by atoms with Gasteiger partial charge in [0.05, 0.1) is 6.61 Å². The van der Waals surface area contributed by atoms with Gasteiger partial charge in [-0.25, -0.2) is 5.48 Å². The van der Waals surface area contributed by atoms with E-state index in [2.05, 4.69) is 11.5 Å². The smallest absolute Gasteiger partial charge is 0.0535 e. The van der Waals surface area contributed by atoms with Gasteiger partial charge in [0.1, 0.15) is 0 Å². The Hall–Kier alpha value is -0.900. The summed E-state index contributed by atoms with van der Waals surface area (Å²) in [4.78, 5) is 0. The summed E-state index contributed by atoms with van der Waals surface area (Å²) >= 11 is 0. The zero-order chi connectivity index (χ0) is 9.80. The maximum Gasteiger partial charge on any atom is 0.0535 e. The molecule has 14 heavy (non-hydrogen) atoms. The maximum atomic E-state index is 8.71. The van der Waals surface area contributed by atoms with E-state index in [4.69, 9.17) is 9.94 Å². The Morgan fingerprint density at radius 3 is 3.00 bits per heavy atom. The molecule has 1 aliphatic heterocycles. The molecule has 1 aromatic rings. The molecular weight excluding hydrogens is 178 g/mol. The van der Waals surface area contributed by atoms with E-state index in [-0.39, 0.29) is 0 Å². The SMILES string of the molecule is ONCc1ccccc1C1CCOC1. The van der Waals surface area contributed by atoms with Gasteiger partial charge in [-0.3, -0.25) is 0 Å². The van der Waals surface area contributed by atoms with Crippen LogP contribution in [0.2, 0.25) is 0 Å². The fourth-order valence-corrected chi connectivity index (χ4v) is 1.96. The van der Waals surface area contributed by atoms with Crippen LogP contribution in [0.1, 0.15) is 23.5 Å². The first-order valence-electron chi connectivity index (χ1n) is 4.94. The zero-order valence-electron chi connectivity index (χ0n) is 8.07. The van der Waals surface area contributed by atoms with E-state index in [0.29, 0.717) is 12.5 Å². The highest BCUT2D eigenvalue weighted by Gasteiger charge is 2.19. The molecule has 0 bridgehead atoms. The monoisotopic (exact) mass is 193 g/mol. The fraction of sp³-hybridized carbons (Fsp3) is 0.455. The molecule has 1 aromatic carbocycles. The predicted octanol–water partition coefficient (Wildman–Crippen LogP) is 1.67. The Morgan fingerprint density at radius 2 is 2.29 bits per heavy atom. The molecule has 1 heterocycles. The minimum atomic E-state index is 0.500. The van der Waals surface area contributed by atoms with Gasteiger partial charge in [0, 0.05) is 19.1 Å². The van der Waals surface area contributed by atoms with Crippen LogP contribution in [0, 0.1) is 0 Å². The molecule has 0 aliphatic carbocycles. The van der Waals surface area contributed by atoms with E-state index >= 15 is 0 Å². The highest BCUT2D eigenvalue weighted by molar-refractivity contribution is 5.30. The van der Waals surface area contributed by atoms with Gasteiger partial charge in [-0.05, 0) is 17.5 Å². The summed E-state index contributed by atoms with van der Waals surface area (Å²) in [6, 6.07) is 8.18. The topological polar surface area (TPSA) is 41.5 Å². The average Bonchev–Trinajstić information content (AvgIpc) is 2.72. The highest BCUT2D eigenvalue weighted by atomic mass is 16.5. The van der Waals surface area contributed by atoms with E-state index in [9.17, 15) is 0 Å². The Balaban J connectivity index is 2.21. The van der Waals surface area contributed by atoms with Crippen molar-refractivity contribution in [2.24, 2.45) is 0 Å². The fourth-order valence-electron chi connectivity index (χ4n) is 1.96. The maximum absolute atomic E-state index is 8.71. The molecule has 0 aromatic heterocycles. The van der Waals surface area contributed by atoms with E-state index in [1.807, 2.05) is 18.2 Å². The third-order valence-corrected chi connectivity index (χ3v) is 2.69. The van der Waals surface area contributed by atoms with Crippen LogP contribution < -0.4 is 5.48 Å². The molecular formula is C11H15NO2. The van der Waals surface area contributed by atoms with Crippen LogP contribution in [-0.2, 0) is 11.3 Å².